The first-order chi connectivity index (χ1) is 11.7. The lowest BCUT2D eigenvalue weighted by atomic mass is 9.89. The Morgan fingerprint density at radius 2 is 1.88 bits per heavy atom. The van der Waals surface area contributed by atoms with E-state index in [2.05, 4.69) is 15.2 Å². The summed E-state index contributed by atoms with van der Waals surface area (Å²) in [5.41, 5.74) is 0.626. The summed E-state index contributed by atoms with van der Waals surface area (Å²) in [6.45, 7) is 9.39. The van der Waals surface area contributed by atoms with E-state index in [0.717, 1.165) is 13.1 Å². The fourth-order valence-electron chi connectivity index (χ4n) is 2.62. The molecule has 1 aliphatic rings. The lowest BCUT2D eigenvalue weighted by Crippen LogP contribution is -2.51. The van der Waals surface area contributed by atoms with Crippen molar-refractivity contribution in [2.45, 2.75) is 26.9 Å². The van der Waals surface area contributed by atoms with Crippen molar-refractivity contribution in [3.05, 3.63) is 29.6 Å². The highest BCUT2D eigenvalue weighted by Gasteiger charge is 2.28. The molecule has 0 radical (unpaired) electrons. The van der Waals surface area contributed by atoms with Crippen molar-refractivity contribution in [2.75, 3.05) is 39.8 Å². The van der Waals surface area contributed by atoms with Gasteiger partial charge in [-0.2, -0.15) is 0 Å². The summed E-state index contributed by atoms with van der Waals surface area (Å²) in [4.78, 5) is 32.1. The Morgan fingerprint density at radius 3 is 2.36 bits per heavy atom. The number of carbonyl (C=O) groups is 2. The SMILES string of the molecule is CNC(=O)c1ccc(C(=O)N2CCN(C[C@@H](O)C(C)(C)C)CC2)cn1. The highest BCUT2D eigenvalue weighted by Crippen LogP contribution is 2.20. The summed E-state index contributed by atoms with van der Waals surface area (Å²) in [7, 11) is 1.54. The minimum Gasteiger partial charge on any atom is -0.391 e. The van der Waals surface area contributed by atoms with E-state index in [1.807, 2.05) is 20.8 Å². The van der Waals surface area contributed by atoms with E-state index < -0.39 is 6.10 Å². The number of nitrogens with one attached hydrogen (secondary N) is 1. The highest BCUT2D eigenvalue weighted by molar-refractivity contribution is 5.96. The van der Waals surface area contributed by atoms with Crippen LogP contribution in [0.1, 0.15) is 41.6 Å². The number of hydrogen-bond acceptors (Lipinski definition) is 5. The van der Waals surface area contributed by atoms with Gasteiger partial charge in [0.2, 0.25) is 0 Å². The average Bonchev–Trinajstić information content (AvgIpc) is 2.60. The molecule has 1 aliphatic heterocycles. The number of rotatable bonds is 4. The molecule has 0 unspecified atom stereocenters. The lowest BCUT2D eigenvalue weighted by molar-refractivity contribution is 0.0136. The van der Waals surface area contributed by atoms with Gasteiger partial charge in [0, 0.05) is 46.0 Å². The van der Waals surface area contributed by atoms with Gasteiger partial charge in [-0.05, 0) is 17.5 Å². The number of carbonyl (C=O) groups excluding carboxylic acids is 2. The monoisotopic (exact) mass is 348 g/mol. The number of aliphatic hydroxyl groups is 1. The van der Waals surface area contributed by atoms with Crippen LogP contribution in [0, 0.1) is 5.41 Å². The van der Waals surface area contributed by atoms with E-state index in [1.165, 1.54) is 6.20 Å². The molecule has 0 aliphatic carbocycles. The minimum absolute atomic E-state index is 0.0769. The summed E-state index contributed by atoms with van der Waals surface area (Å²) in [6, 6.07) is 3.19. The molecule has 0 saturated carbocycles. The van der Waals surface area contributed by atoms with E-state index in [0.29, 0.717) is 30.9 Å². The smallest absolute Gasteiger partial charge is 0.269 e. The number of amides is 2. The Kier molecular flexibility index (Phi) is 6.13. The maximum atomic E-state index is 12.6. The van der Waals surface area contributed by atoms with Gasteiger partial charge in [0.1, 0.15) is 5.69 Å². The van der Waals surface area contributed by atoms with Crippen LogP contribution in [-0.2, 0) is 0 Å². The molecule has 0 bridgehead atoms. The van der Waals surface area contributed by atoms with Crippen LogP contribution in [0.4, 0.5) is 0 Å². The second-order valence-corrected chi connectivity index (χ2v) is 7.49. The highest BCUT2D eigenvalue weighted by atomic mass is 16.3. The van der Waals surface area contributed by atoms with Crippen LogP contribution in [0.3, 0.4) is 0 Å². The molecular weight excluding hydrogens is 320 g/mol. The van der Waals surface area contributed by atoms with Gasteiger partial charge in [-0.1, -0.05) is 20.8 Å². The molecule has 1 aromatic heterocycles. The Balaban J connectivity index is 1.90. The van der Waals surface area contributed by atoms with E-state index >= 15 is 0 Å². The molecule has 1 fully saturated rings. The summed E-state index contributed by atoms with van der Waals surface area (Å²) < 4.78 is 0. The van der Waals surface area contributed by atoms with Gasteiger partial charge >= 0.3 is 0 Å². The molecule has 2 N–H and O–H groups in total. The van der Waals surface area contributed by atoms with Crippen molar-refractivity contribution in [3.8, 4) is 0 Å². The lowest BCUT2D eigenvalue weighted by Gasteiger charge is -2.38. The second-order valence-electron chi connectivity index (χ2n) is 7.49. The zero-order chi connectivity index (χ0) is 18.6. The Morgan fingerprint density at radius 1 is 1.24 bits per heavy atom. The molecule has 7 nitrogen and oxygen atoms in total. The third kappa shape index (κ3) is 4.99. The minimum atomic E-state index is -0.392. The van der Waals surface area contributed by atoms with Gasteiger partial charge in [0.25, 0.3) is 11.8 Å². The van der Waals surface area contributed by atoms with Crippen LogP contribution in [0.25, 0.3) is 0 Å². The molecule has 25 heavy (non-hydrogen) atoms. The van der Waals surface area contributed by atoms with Crippen LogP contribution in [-0.4, -0.2) is 77.6 Å². The van der Waals surface area contributed by atoms with E-state index in [-0.39, 0.29) is 17.2 Å². The van der Waals surface area contributed by atoms with Crippen LogP contribution in [0.2, 0.25) is 0 Å². The van der Waals surface area contributed by atoms with E-state index in [4.69, 9.17) is 0 Å². The predicted molar refractivity (Wildman–Crippen MR) is 95.4 cm³/mol. The topological polar surface area (TPSA) is 85.8 Å². The van der Waals surface area contributed by atoms with Crippen LogP contribution < -0.4 is 5.32 Å². The first-order valence-corrected chi connectivity index (χ1v) is 8.60. The van der Waals surface area contributed by atoms with Gasteiger partial charge < -0.3 is 15.3 Å². The van der Waals surface area contributed by atoms with Crippen molar-refractivity contribution in [1.82, 2.24) is 20.1 Å². The van der Waals surface area contributed by atoms with Crippen molar-refractivity contribution in [1.29, 1.82) is 0 Å². The van der Waals surface area contributed by atoms with Crippen LogP contribution >= 0.6 is 0 Å². The number of piperazine rings is 1. The van der Waals surface area contributed by atoms with Gasteiger partial charge in [-0.3, -0.25) is 19.5 Å². The molecule has 138 valence electrons. The molecule has 0 spiro atoms. The van der Waals surface area contributed by atoms with Crippen molar-refractivity contribution >= 4 is 11.8 Å². The second kappa shape index (κ2) is 7.93. The molecule has 1 atom stereocenters. The molecular formula is C18H28N4O3. The number of β-amino-alcohol motifs (C(OH)–C–C–N with tert-alkyl or cyclic N) is 1. The quantitative estimate of drug-likeness (QED) is 0.832. The zero-order valence-corrected chi connectivity index (χ0v) is 15.5. The van der Waals surface area contributed by atoms with Crippen molar-refractivity contribution in [3.63, 3.8) is 0 Å². The van der Waals surface area contributed by atoms with Gasteiger partial charge in [-0.25, -0.2) is 0 Å². The third-order valence-corrected chi connectivity index (χ3v) is 4.56. The van der Waals surface area contributed by atoms with Crippen molar-refractivity contribution in [2.24, 2.45) is 5.41 Å². The number of pyridine rings is 1. The first-order valence-electron chi connectivity index (χ1n) is 8.60. The molecule has 2 amide bonds. The number of aliphatic hydroxyl groups excluding tert-OH is 1. The average molecular weight is 348 g/mol. The Bertz CT molecular complexity index is 602. The maximum absolute atomic E-state index is 12.6. The van der Waals surface area contributed by atoms with Gasteiger partial charge in [0.05, 0.1) is 11.7 Å². The first kappa shape index (κ1) is 19.3. The number of aromatic nitrogens is 1. The molecule has 1 saturated heterocycles. The van der Waals surface area contributed by atoms with Gasteiger partial charge in [-0.15, -0.1) is 0 Å². The summed E-state index contributed by atoms with van der Waals surface area (Å²) in [6.07, 6.45) is 1.05. The Labute approximate surface area is 149 Å². The molecule has 1 aromatic rings. The molecule has 2 heterocycles. The predicted octanol–water partition coefficient (Wildman–Crippen LogP) is 0.606. The fraction of sp³-hybridized carbons (Fsp3) is 0.611. The summed E-state index contributed by atoms with van der Waals surface area (Å²) >= 11 is 0. The Hall–Kier alpha value is -1.99. The van der Waals surface area contributed by atoms with Crippen LogP contribution in [0.5, 0.6) is 0 Å². The largest absolute Gasteiger partial charge is 0.391 e. The molecule has 0 aromatic carbocycles. The standard InChI is InChI=1S/C18H28N4O3/c1-18(2,3)15(23)12-21-7-9-22(10-8-21)17(25)13-5-6-14(20-11-13)16(24)19-4/h5-6,11,15,23H,7-10,12H2,1-4H3,(H,19,24)/t15-/m1/s1. The summed E-state index contributed by atoms with van der Waals surface area (Å²) in [5.74, 6) is -0.350. The number of hydrogen-bond donors (Lipinski definition) is 2. The van der Waals surface area contributed by atoms with E-state index in [1.54, 1.807) is 24.1 Å². The van der Waals surface area contributed by atoms with Crippen molar-refractivity contribution < 1.29 is 14.7 Å². The molecule has 7 heteroatoms. The van der Waals surface area contributed by atoms with E-state index in [9.17, 15) is 14.7 Å². The third-order valence-electron chi connectivity index (χ3n) is 4.56. The van der Waals surface area contributed by atoms with Gasteiger partial charge in [0.15, 0.2) is 0 Å². The molecule has 2 rings (SSSR count). The van der Waals surface area contributed by atoms with Crippen LogP contribution in [0.15, 0.2) is 18.3 Å². The maximum Gasteiger partial charge on any atom is 0.269 e. The summed E-state index contributed by atoms with van der Waals surface area (Å²) in [5, 5.41) is 12.7. The zero-order valence-electron chi connectivity index (χ0n) is 15.5. The normalized spacial score (nSPS) is 17.2. The fourth-order valence-corrected chi connectivity index (χ4v) is 2.62. The number of nitrogens with zero attached hydrogens (tertiary/aromatic N) is 3.